The van der Waals surface area contributed by atoms with Gasteiger partial charge in [0.25, 0.3) is 5.91 Å². The number of carbonyl (C=O) groups excluding carboxylic acids is 2. The number of piperazine rings is 1. The van der Waals surface area contributed by atoms with Gasteiger partial charge in [0.05, 0.1) is 4.88 Å². The first-order chi connectivity index (χ1) is 10.5. The maximum absolute atomic E-state index is 12.7. The monoisotopic (exact) mass is 323 g/mol. The van der Waals surface area contributed by atoms with Crippen LogP contribution in [-0.2, 0) is 4.79 Å². The van der Waals surface area contributed by atoms with Gasteiger partial charge in [0, 0.05) is 26.2 Å². The van der Waals surface area contributed by atoms with Crippen LogP contribution in [0, 0.1) is 5.92 Å². The zero-order chi connectivity index (χ0) is 16.1. The number of hydrogen-bond donors (Lipinski definition) is 1. The van der Waals surface area contributed by atoms with Gasteiger partial charge >= 0.3 is 0 Å². The molecule has 1 saturated heterocycles. The van der Waals surface area contributed by atoms with Gasteiger partial charge in [-0.05, 0) is 30.8 Å². The van der Waals surface area contributed by atoms with Gasteiger partial charge in [-0.15, -0.1) is 11.3 Å². The Hall–Kier alpha value is -1.40. The predicted molar refractivity (Wildman–Crippen MR) is 89.1 cm³/mol. The van der Waals surface area contributed by atoms with Crippen molar-refractivity contribution in [2.24, 2.45) is 5.92 Å². The Labute approximate surface area is 136 Å². The van der Waals surface area contributed by atoms with E-state index in [9.17, 15) is 9.59 Å². The summed E-state index contributed by atoms with van der Waals surface area (Å²) in [6, 6.07) is 3.20. The highest BCUT2D eigenvalue weighted by Crippen LogP contribution is 2.13. The summed E-state index contributed by atoms with van der Waals surface area (Å²) >= 11 is 1.40. The fourth-order valence-electron chi connectivity index (χ4n) is 2.58. The molecule has 2 amide bonds. The Balaban J connectivity index is 2.01. The van der Waals surface area contributed by atoms with Gasteiger partial charge in [0.1, 0.15) is 6.04 Å². The zero-order valence-electron chi connectivity index (χ0n) is 13.5. The Kier molecular flexibility index (Phi) is 5.97. The second kappa shape index (κ2) is 7.74. The van der Waals surface area contributed by atoms with Crippen molar-refractivity contribution in [3.8, 4) is 0 Å². The van der Waals surface area contributed by atoms with Gasteiger partial charge in [-0.2, -0.15) is 0 Å². The molecule has 0 radical (unpaired) electrons. The molecular formula is C16H25N3O2S. The summed E-state index contributed by atoms with van der Waals surface area (Å²) < 4.78 is 0. The first kappa shape index (κ1) is 17.0. The Morgan fingerprint density at radius 2 is 1.95 bits per heavy atom. The van der Waals surface area contributed by atoms with Crippen molar-refractivity contribution in [3.05, 3.63) is 22.4 Å². The van der Waals surface area contributed by atoms with E-state index in [2.05, 4.69) is 31.1 Å². The Morgan fingerprint density at radius 1 is 1.27 bits per heavy atom. The van der Waals surface area contributed by atoms with E-state index in [0.717, 1.165) is 26.2 Å². The van der Waals surface area contributed by atoms with Crippen molar-refractivity contribution in [1.82, 2.24) is 15.1 Å². The van der Waals surface area contributed by atoms with E-state index in [-0.39, 0.29) is 11.8 Å². The molecule has 1 aromatic rings. The number of amides is 2. The van der Waals surface area contributed by atoms with Crippen LogP contribution in [0.3, 0.4) is 0 Å². The molecule has 1 atom stereocenters. The van der Waals surface area contributed by atoms with Gasteiger partial charge < -0.3 is 15.1 Å². The highest BCUT2D eigenvalue weighted by atomic mass is 32.1. The SMILES string of the molecule is CC(C)C[C@H](NC(=O)c1cccs1)C(=O)N1CCN(C)CC1. The Bertz CT molecular complexity index is 493. The molecule has 1 aromatic heterocycles. The van der Waals surface area contributed by atoms with Crippen molar-refractivity contribution >= 4 is 23.2 Å². The minimum atomic E-state index is -0.432. The molecule has 1 aliphatic heterocycles. The van der Waals surface area contributed by atoms with Crippen LogP contribution < -0.4 is 5.32 Å². The van der Waals surface area contributed by atoms with Crippen molar-refractivity contribution in [3.63, 3.8) is 0 Å². The minimum absolute atomic E-state index is 0.0479. The van der Waals surface area contributed by atoms with E-state index in [1.54, 1.807) is 6.07 Å². The van der Waals surface area contributed by atoms with Gasteiger partial charge in [-0.1, -0.05) is 19.9 Å². The molecular weight excluding hydrogens is 298 g/mol. The maximum Gasteiger partial charge on any atom is 0.261 e. The van der Waals surface area contributed by atoms with E-state index >= 15 is 0 Å². The van der Waals surface area contributed by atoms with Crippen LogP contribution >= 0.6 is 11.3 Å². The highest BCUT2D eigenvalue weighted by Gasteiger charge is 2.28. The summed E-state index contributed by atoms with van der Waals surface area (Å²) in [5, 5.41) is 4.80. The molecule has 122 valence electrons. The van der Waals surface area contributed by atoms with Crippen LogP contribution in [0.1, 0.15) is 29.9 Å². The molecule has 0 bridgehead atoms. The number of hydrogen-bond acceptors (Lipinski definition) is 4. The average Bonchev–Trinajstić information content (AvgIpc) is 3.00. The summed E-state index contributed by atoms with van der Waals surface area (Å²) in [4.78, 5) is 29.7. The number of thiophene rings is 1. The molecule has 6 heteroatoms. The van der Waals surface area contributed by atoms with Gasteiger partial charge in [0.2, 0.25) is 5.91 Å². The lowest BCUT2D eigenvalue weighted by Crippen LogP contribution is -2.54. The second-order valence-electron chi connectivity index (χ2n) is 6.26. The molecule has 22 heavy (non-hydrogen) atoms. The minimum Gasteiger partial charge on any atom is -0.340 e. The largest absolute Gasteiger partial charge is 0.340 e. The van der Waals surface area contributed by atoms with Crippen LogP contribution in [-0.4, -0.2) is 60.9 Å². The third kappa shape index (κ3) is 4.55. The summed E-state index contributed by atoms with van der Waals surface area (Å²) in [6.07, 6.45) is 0.669. The smallest absolute Gasteiger partial charge is 0.261 e. The summed E-state index contributed by atoms with van der Waals surface area (Å²) in [5.41, 5.74) is 0. The average molecular weight is 323 g/mol. The van der Waals surface area contributed by atoms with Crippen LogP contribution in [0.4, 0.5) is 0 Å². The van der Waals surface area contributed by atoms with Crippen molar-refractivity contribution in [2.45, 2.75) is 26.3 Å². The van der Waals surface area contributed by atoms with E-state index < -0.39 is 6.04 Å². The first-order valence-electron chi connectivity index (χ1n) is 7.79. The lowest BCUT2D eigenvalue weighted by atomic mass is 10.0. The third-order valence-corrected chi connectivity index (χ3v) is 4.74. The summed E-state index contributed by atoms with van der Waals surface area (Å²) in [7, 11) is 2.06. The molecule has 1 N–H and O–H groups in total. The fourth-order valence-corrected chi connectivity index (χ4v) is 3.20. The molecule has 5 nitrogen and oxygen atoms in total. The lowest BCUT2D eigenvalue weighted by molar-refractivity contribution is -0.135. The first-order valence-corrected chi connectivity index (χ1v) is 8.67. The molecule has 0 aromatic carbocycles. The predicted octanol–water partition coefficient (Wildman–Crippen LogP) is 1.67. The normalized spacial score (nSPS) is 17.5. The fraction of sp³-hybridized carbons (Fsp3) is 0.625. The standard InChI is InChI=1S/C16H25N3O2S/c1-12(2)11-13(17-15(20)14-5-4-10-22-14)16(21)19-8-6-18(3)7-9-19/h4-5,10,12-13H,6-9,11H2,1-3H3,(H,17,20)/t13-/m0/s1. The van der Waals surface area contributed by atoms with Crippen LogP contribution in [0.2, 0.25) is 0 Å². The number of nitrogens with one attached hydrogen (secondary N) is 1. The molecule has 2 heterocycles. The number of rotatable bonds is 5. The number of nitrogens with zero attached hydrogens (tertiary/aromatic N) is 2. The quantitative estimate of drug-likeness (QED) is 0.897. The van der Waals surface area contributed by atoms with E-state index in [1.807, 2.05) is 16.3 Å². The van der Waals surface area contributed by atoms with Crippen molar-refractivity contribution in [1.29, 1.82) is 0 Å². The van der Waals surface area contributed by atoms with Gasteiger partial charge in [0.15, 0.2) is 0 Å². The molecule has 0 unspecified atom stereocenters. The van der Waals surface area contributed by atoms with E-state index in [1.165, 1.54) is 11.3 Å². The van der Waals surface area contributed by atoms with E-state index in [0.29, 0.717) is 17.2 Å². The van der Waals surface area contributed by atoms with Crippen molar-refractivity contribution < 1.29 is 9.59 Å². The number of carbonyl (C=O) groups is 2. The molecule has 0 aliphatic carbocycles. The van der Waals surface area contributed by atoms with Crippen LogP contribution in [0.5, 0.6) is 0 Å². The van der Waals surface area contributed by atoms with Crippen LogP contribution in [0.15, 0.2) is 17.5 Å². The molecule has 2 rings (SSSR count). The topological polar surface area (TPSA) is 52.7 Å². The molecule has 0 spiro atoms. The van der Waals surface area contributed by atoms with Gasteiger partial charge in [-0.25, -0.2) is 0 Å². The molecule has 1 fully saturated rings. The lowest BCUT2D eigenvalue weighted by Gasteiger charge is -2.35. The second-order valence-corrected chi connectivity index (χ2v) is 7.21. The molecule has 1 aliphatic rings. The van der Waals surface area contributed by atoms with E-state index in [4.69, 9.17) is 0 Å². The highest BCUT2D eigenvalue weighted by molar-refractivity contribution is 7.12. The summed E-state index contributed by atoms with van der Waals surface area (Å²) in [6.45, 7) is 7.39. The summed E-state index contributed by atoms with van der Waals surface area (Å²) in [5.74, 6) is 0.250. The zero-order valence-corrected chi connectivity index (χ0v) is 14.4. The van der Waals surface area contributed by atoms with Crippen LogP contribution in [0.25, 0.3) is 0 Å². The molecule has 0 saturated carbocycles. The van der Waals surface area contributed by atoms with Gasteiger partial charge in [-0.3, -0.25) is 9.59 Å². The maximum atomic E-state index is 12.7. The Morgan fingerprint density at radius 3 is 2.50 bits per heavy atom. The van der Waals surface area contributed by atoms with Crippen molar-refractivity contribution in [2.75, 3.05) is 33.2 Å². The number of likely N-dealkylation sites (N-methyl/N-ethyl adjacent to an activating group) is 1. The third-order valence-electron chi connectivity index (χ3n) is 3.87.